The van der Waals surface area contributed by atoms with E-state index in [1.165, 1.54) is 0 Å². The largest absolute Gasteiger partial charge is 0.395 e. The average molecular weight is 105 g/mol. The van der Waals surface area contributed by atoms with Gasteiger partial charge in [0.15, 0.2) is 0 Å². The Morgan fingerprint density at radius 1 is 1.86 bits per heavy atom. The molecule has 0 aromatic heterocycles. The zero-order valence-electron chi connectivity index (χ0n) is 4.42. The van der Waals surface area contributed by atoms with E-state index in [1.807, 2.05) is 0 Å². The molecule has 1 unspecified atom stereocenters. The van der Waals surface area contributed by atoms with Gasteiger partial charge in [-0.2, -0.15) is 0 Å². The molecule has 0 saturated heterocycles. The van der Waals surface area contributed by atoms with Gasteiger partial charge in [0, 0.05) is 7.11 Å². The van der Waals surface area contributed by atoms with Gasteiger partial charge in [0.1, 0.15) is 0 Å². The molecule has 0 radical (unpaired) electrons. The van der Waals surface area contributed by atoms with Crippen molar-refractivity contribution in [3.8, 4) is 0 Å². The van der Waals surface area contributed by atoms with E-state index in [-0.39, 0.29) is 12.6 Å². The third-order valence-electron chi connectivity index (χ3n) is 0.615. The van der Waals surface area contributed by atoms with Gasteiger partial charge in [0.25, 0.3) is 0 Å². The molecule has 3 nitrogen and oxygen atoms in total. The number of hydrogen-bond acceptors (Lipinski definition) is 3. The standard InChI is InChI=1S/C4H11NO2/c1-7-3-4(5)2-6/h4,6H,2-3,5H2,1H3. The van der Waals surface area contributed by atoms with Crippen LogP contribution in [-0.4, -0.2) is 31.5 Å². The topological polar surface area (TPSA) is 55.5 Å². The molecule has 0 aliphatic rings. The van der Waals surface area contributed by atoms with Crippen LogP contribution in [0.5, 0.6) is 0 Å². The highest BCUT2D eigenvalue weighted by molar-refractivity contribution is 4.53. The minimum atomic E-state index is -0.218. The van der Waals surface area contributed by atoms with E-state index in [4.69, 9.17) is 10.8 Å². The molecule has 0 aliphatic heterocycles. The lowest BCUT2D eigenvalue weighted by Crippen LogP contribution is -2.29. The summed E-state index contributed by atoms with van der Waals surface area (Å²) in [6.45, 7) is 0.421. The van der Waals surface area contributed by atoms with E-state index in [0.29, 0.717) is 6.61 Å². The summed E-state index contributed by atoms with van der Waals surface area (Å²) < 4.78 is 4.61. The first kappa shape index (κ1) is 6.88. The van der Waals surface area contributed by atoms with Crippen LogP contribution in [0.2, 0.25) is 0 Å². The Bertz CT molecular complexity index is 40.7. The van der Waals surface area contributed by atoms with Gasteiger partial charge in [-0.25, -0.2) is 0 Å². The van der Waals surface area contributed by atoms with Crippen LogP contribution < -0.4 is 5.73 Å². The lowest BCUT2D eigenvalue weighted by molar-refractivity contribution is 0.146. The van der Waals surface area contributed by atoms with E-state index in [9.17, 15) is 0 Å². The van der Waals surface area contributed by atoms with E-state index in [2.05, 4.69) is 4.74 Å². The number of ether oxygens (including phenoxy) is 1. The maximum atomic E-state index is 8.26. The summed E-state index contributed by atoms with van der Waals surface area (Å²) in [6.07, 6.45) is 0. The molecule has 0 spiro atoms. The number of hydrogen-bond donors (Lipinski definition) is 2. The molecular weight excluding hydrogens is 94.0 g/mol. The van der Waals surface area contributed by atoms with Crippen molar-refractivity contribution in [3.63, 3.8) is 0 Å². The molecule has 7 heavy (non-hydrogen) atoms. The number of aliphatic hydroxyl groups is 1. The van der Waals surface area contributed by atoms with Crippen LogP contribution in [0, 0.1) is 0 Å². The van der Waals surface area contributed by atoms with Crippen molar-refractivity contribution >= 4 is 0 Å². The zero-order chi connectivity index (χ0) is 5.70. The Kier molecular flexibility index (Phi) is 3.98. The van der Waals surface area contributed by atoms with Crippen molar-refractivity contribution in [1.82, 2.24) is 0 Å². The summed E-state index contributed by atoms with van der Waals surface area (Å²) in [7, 11) is 1.55. The summed E-state index contributed by atoms with van der Waals surface area (Å²) in [5.41, 5.74) is 5.21. The van der Waals surface area contributed by atoms with Crippen molar-refractivity contribution in [3.05, 3.63) is 0 Å². The molecule has 0 rings (SSSR count). The summed E-state index contributed by atoms with van der Waals surface area (Å²) in [5.74, 6) is 0. The number of rotatable bonds is 3. The molecule has 0 aromatic rings. The monoisotopic (exact) mass is 105 g/mol. The average Bonchev–Trinajstić information content (AvgIpc) is 1.68. The molecule has 3 heteroatoms. The Morgan fingerprint density at radius 2 is 2.43 bits per heavy atom. The highest BCUT2D eigenvalue weighted by Gasteiger charge is 1.94. The minimum Gasteiger partial charge on any atom is -0.395 e. The van der Waals surface area contributed by atoms with Crippen LogP contribution in [0.15, 0.2) is 0 Å². The summed E-state index contributed by atoms with van der Waals surface area (Å²) >= 11 is 0. The third-order valence-corrected chi connectivity index (χ3v) is 0.615. The maximum Gasteiger partial charge on any atom is 0.0636 e. The molecule has 3 N–H and O–H groups in total. The van der Waals surface area contributed by atoms with Crippen molar-refractivity contribution in [2.24, 2.45) is 5.73 Å². The fourth-order valence-corrected chi connectivity index (χ4v) is 0.267. The van der Waals surface area contributed by atoms with Crippen LogP contribution in [0.25, 0.3) is 0 Å². The molecule has 0 fully saturated rings. The zero-order valence-corrected chi connectivity index (χ0v) is 4.42. The van der Waals surface area contributed by atoms with Crippen LogP contribution in [0.1, 0.15) is 0 Å². The highest BCUT2D eigenvalue weighted by atomic mass is 16.5. The lowest BCUT2D eigenvalue weighted by atomic mass is 10.4. The molecule has 0 heterocycles. The van der Waals surface area contributed by atoms with Gasteiger partial charge in [0.2, 0.25) is 0 Å². The van der Waals surface area contributed by atoms with Crippen molar-refractivity contribution in [2.45, 2.75) is 6.04 Å². The van der Waals surface area contributed by atoms with E-state index in [1.54, 1.807) is 7.11 Å². The Labute approximate surface area is 43.1 Å². The predicted octanol–water partition coefficient (Wildman–Crippen LogP) is -1.05. The van der Waals surface area contributed by atoms with Gasteiger partial charge < -0.3 is 15.6 Å². The minimum absolute atomic E-state index is 0.00611. The van der Waals surface area contributed by atoms with Gasteiger partial charge >= 0.3 is 0 Å². The number of nitrogens with two attached hydrogens (primary N) is 1. The smallest absolute Gasteiger partial charge is 0.0636 e. The molecule has 1 atom stereocenters. The molecule has 0 aliphatic carbocycles. The quantitative estimate of drug-likeness (QED) is 0.481. The number of aliphatic hydroxyl groups excluding tert-OH is 1. The second-order valence-corrected chi connectivity index (χ2v) is 1.40. The fraction of sp³-hybridized carbons (Fsp3) is 1.00. The lowest BCUT2D eigenvalue weighted by Gasteiger charge is -2.03. The normalized spacial score (nSPS) is 14.1. The SMILES string of the molecule is COCC(N)CO. The first-order valence-corrected chi connectivity index (χ1v) is 2.16. The number of methoxy groups -OCH3 is 1. The van der Waals surface area contributed by atoms with Crippen molar-refractivity contribution in [1.29, 1.82) is 0 Å². The molecule has 0 bridgehead atoms. The highest BCUT2D eigenvalue weighted by Crippen LogP contribution is 1.73. The van der Waals surface area contributed by atoms with Crippen LogP contribution in [-0.2, 0) is 4.74 Å². The maximum absolute atomic E-state index is 8.26. The van der Waals surface area contributed by atoms with Crippen LogP contribution >= 0.6 is 0 Å². The van der Waals surface area contributed by atoms with Gasteiger partial charge in [-0.15, -0.1) is 0 Å². The van der Waals surface area contributed by atoms with Gasteiger partial charge in [-0.1, -0.05) is 0 Å². The third kappa shape index (κ3) is 3.72. The van der Waals surface area contributed by atoms with E-state index >= 15 is 0 Å². The summed E-state index contributed by atoms with van der Waals surface area (Å²) in [5, 5.41) is 8.26. The van der Waals surface area contributed by atoms with Crippen molar-refractivity contribution < 1.29 is 9.84 Å². The second kappa shape index (κ2) is 4.05. The van der Waals surface area contributed by atoms with Crippen LogP contribution in [0.3, 0.4) is 0 Å². The van der Waals surface area contributed by atoms with Gasteiger partial charge in [-0.05, 0) is 0 Å². The summed E-state index contributed by atoms with van der Waals surface area (Å²) in [6, 6.07) is -0.218. The molecular formula is C4H11NO2. The van der Waals surface area contributed by atoms with Crippen LogP contribution in [0.4, 0.5) is 0 Å². The van der Waals surface area contributed by atoms with Crippen molar-refractivity contribution in [2.75, 3.05) is 20.3 Å². The Balaban J connectivity index is 2.83. The Hall–Kier alpha value is -0.120. The fourth-order valence-electron chi connectivity index (χ4n) is 0.267. The Morgan fingerprint density at radius 3 is 2.57 bits per heavy atom. The van der Waals surface area contributed by atoms with E-state index in [0.717, 1.165) is 0 Å². The first-order chi connectivity index (χ1) is 3.31. The first-order valence-electron chi connectivity index (χ1n) is 2.16. The second-order valence-electron chi connectivity index (χ2n) is 1.40. The molecule has 0 aromatic carbocycles. The molecule has 0 amide bonds. The van der Waals surface area contributed by atoms with E-state index < -0.39 is 0 Å². The van der Waals surface area contributed by atoms with Gasteiger partial charge in [0.05, 0.1) is 19.3 Å². The molecule has 44 valence electrons. The summed E-state index contributed by atoms with van der Waals surface area (Å²) in [4.78, 5) is 0. The van der Waals surface area contributed by atoms with Gasteiger partial charge in [-0.3, -0.25) is 0 Å². The molecule has 0 saturated carbocycles. The predicted molar refractivity (Wildman–Crippen MR) is 26.9 cm³/mol.